The Morgan fingerprint density at radius 2 is 1.81 bits per heavy atom. The second-order valence-electron chi connectivity index (χ2n) is 9.02. The molecule has 192 valence electrons. The van der Waals surface area contributed by atoms with E-state index in [9.17, 15) is 14.4 Å². The molecule has 10 heteroatoms. The number of nitrogens with two attached hydrogens (primary N) is 2. The lowest BCUT2D eigenvalue weighted by molar-refractivity contribution is -0.121. The molecule has 1 aromatic heterocycles. The van der Waals surface area contributed by atoms with E-state index in [4.69, 9.17) is 21.6 Å². The number of amidine groups is 1. The number of carbonyl (C=O) groups is 2. The van der Waals surface area contributed by atoms with Crippen molar-refractivity contribution in [2.45, 2.75) is 38.4 Å². The second-order valence-corrected chi connectivity index (χ2v) is 9.02. The summed E-state index contributed by atoms with van der Waals surface area (Å²) in [7, 11) is 1.28. The summed E-state index contributed by atoms with van der Waals surface area (Å²) in [4.78, 5) is 38.5. The topological polar surface area (TPSA) is 165 Å². The summed E-state index contributed by atoms with van der Waals surface area (Å²) in [5.41, 5.74) is 14.5. The van der Waals surface area contributed by atoms with Gasteiger partial charge in [-0.15, -0.1) is 0 Å². The average molecular weight is 503 g/mol. The van der Waals surface area contributed by atoms with E-state index in [0.717, 1.165) is 24.8 Å². The molecule has 3 aromatic rings. The highest BCUT2D eigenvalue weighted by atomic mass is 16.5. The lowest BCUT2D eigenvalue weighted by Crippen LogP contribution is -2.36. The van der Waals surface area contributed by atoms with Crippen LogP contribution in [0.3, 0.4) is 0 Å². The lowest BCUT2D eigenvalue weighted by Gasteiger charge is -2.27. The van der Waals surface area contributed by atoms with Gasteiger partial charge in [-0.3, -0.25) is 19.6 Å². The Morgan fingerprint density at radius 3 is 2.43 bits per heavy atom. The highest BCUT2D eigenvalue weighted by molar-refractivity contribution is 5.95. The first-order valence-corrected chi connectivity index (χ1v) is 11.9. The first kappa shape index (κ1) is 25.5. The predicted octanol–water partition coefficient (Wildman–Crippen LogP) is 2.45. The Balaban J connectivity index is 1.62. The van der Waals surface area contributed by atoms with Gasteiger partial charge in [0, 0.05) is 29.4 Å². The van der Waals surface area contributed by atoms with Crippen molar-refractivity contribution in [3.63, 3.8) is 0 Å². The molecule has 0 saturated heterocycles. The molecule has 1 fully saturated rings. The second kappa shape index (κ2) is 11.0. The third-order valence-electron chi connectivity index (χ3n) is 6.37. The van der Waals surface area contributed by atoms with Crippen LogP contribution in [-0.2, 0) is 22.6 Å². The number of esters is 1. The number of pyridine rings is 1. The van der Waals surface area contributed by atoms with Crippen LogP contribution in [0.15, 0.2) is 59.4 Å². The lowest BCUT2D eigenvalue weighted by atomic mass is 9.93. The average Bonchev–Trinajstić information content (AvgIpc) is 2.86. The van der Waals surface area contributed by atoms with Crippen LogP contribution in [0.2, 0.25) is 0 Å². The summed E-state index contributed by atoms with van der Waals surface area (Å²) in [5.74, 6) is -0.953. The van der Waals surface area contributed by atoms with Gasteiger partial charge in [0.25, 0.3) is 5.56 Å². The number of carbonyl (C=O) groups excluding carboxylic acids is 2. The Morgan fingerprint density at radius 1 is 1.08 bits per heavy atom. The van der Waals surface area contributed by atoms with E-state index in [-0.39, 0.29) is 42.0 Å². The number of nitrogens with one attached hydrogen (secondary N) is 3. The zero-order valence-corrected chi connectivity index (χ0v) is 20.5. The maximum absolute atomic E-state index is 13.5. The molecule has 7 N–H and O–H groups in total. The van der Waals surface area contributed by atoms with Gasteiger partial charge in [-0.05, 0) is 55.2 Å². The van der Waals surface area contributed by atoms with Gasteiger partial charge >= 0.3 is 5.97 Å². The fraction of sp³-hybridized carbons (Fsp3) is 0.259. The minimum Gasteiger partial charge on any atom is -0.465 e. The molecular formula is C27H30N6O4. The van der Waals surface area contributed by atoms with Crippen LogP contribution in [0.25, 0.3) is 11.3 Å². The van der Waals surface area contributed by atoms with Crippen molar-refractivity contribution in [1.29, 1.82) is 5.41 Å². The number of methoxy groups -OCH3 is 1. The number of nitrogen functional groups attached to an aromatic ring is 2. The zero-order chi connectivity index (χ0) is 26.5. The van der Waals surface area contributed by atoms with Gasteiger partial charge in [0.05, 0.1) is 18.4 Å². The summed E-state index contributed by atoms with van der Waals surface area (Å²) in [6.45, 7) is 0.00807. The molecule has 0 unspecified atom stereocenters. The molecule has 0 aliphatic heterocycles. The van der Waals surface area contributed by atoms with E-state index in [1.165, 1.54) is 17.7 Å². The third kappa shape index (κ3) is 5.97. The molecule has 0 bridgehead atoms. The molecule has 1 aliphatic carbocycles. The minimum absolute atomic E-state index is 0.0326. The van der Waals surface area contributed by atoms with Crippen molar-refractivity contribution in [2.75, 3.05) is 18.2 Å². The minimum atomic E-state index is -0.556. The van der Waals surface area contributed by atoms with E-state index in [2.05, 4.69) is 10.6 Å². The SMILES string of the molecule is COC(=O)c1cc(N)cc(-c2ccc(NC3CCC3)c(=O)n2CC(=O)NCc2ccc(C(=N)N)cc2)c1. The Hall–Kier alpha value is -4.60. The molecule has 10 nitrogen and oxygen atoms in total. The monoisotopic (exact) mass is 502 g/mol. The number of benzene rings is 2. The molecule has 1 saturated carbocycles. The smallest absolute Gasteiger partial charge is 0.337 e. The van der Waals surface area contributed by atoms with Gasteiger partial charge in [0.2, 0.25) is 5.91 Å². The van der Waals surface area contributed by atoms with Crippen LogP contribution in [0, 0.1) is 5.41 Å². The van der Waals surface area contributed by atoms with Gasteiger partial charge in [-0.25, -0.2) is 4.79 Å². The number of ether oxygens (including phenoxy) is 1. The summed E-state index contributed by atoms with van der Waals surface area (Å²) in [6, 6.07) is 15.4. The van der Waals surface area contributed by atoms with E-state index in [1.807, 2.05) is 0 Å². The molecule has 37 heavy (non-hydrogen) atoms. The maximum atomic E-state index is 13.5. The quantitative estimate of drug-likeness (QED) is 0.130. The molecule has 4 rings (SSSR count). The number of hydrogen-bond donors (Lipinski definition) is 5. The number of anilines is 2. The van der Waals surface area contributed by atoms with Gasteiger partial charge < -0.3 is 26.8 Å². The number of nitrogens with zero attached hydrogens (tertiary/aromatic N) is 1. The molecule has 0 atom stereocenters. The van der Waals surface area contributed by atoms with Crippen LogP contribution in [-0.4, -0.2) is 35.4 Å². The Kier molecular flexibility index (Phi) is 7.57. The van der Waals surface area contributed by atoms with Crippen LogP contribution in [0.4, 0.5) is 11.4 Å². The summed E-state index contributed by atoms with van der Waals surface area (Å²) < 4.78 is 6.20. The van der Waals surface area contributed by atoms with Crippen molar-refractivity contribution in [2.24, 2.45) is 5.73 Å². The molecule has 1 heterocycles. The van der Waals surface area contributed by atoms with E-state index >= 15 is 0 Å². The summed E-state index contributed by atoms with van der Waals surface area (Å²) in [5, 5.41) is 13.6. The highest BCUT2D eigenvalue weighted by Crippen LogP contribution is 2.26. The Bertz CT molecular complexity index is 1390. The summed E-state index contributed by atoms with van der Waals surface area (Å²) >= 11 is 0. The molecule has 0 spiro atoms. The molecule has 2 aromatic carbocycles. The van der Waals surface area contributed by atoms with Gasteiger partial charge in [-0.1, -0.05) is 24.3 Å². The highest BCUT2D eigenvalue weighted by Gasteiger charge is 2.21. The van der Waals surface area contributed by atoms with Gasteiger partial charge in [0.1, 0.15) is 18.1 Å². The number of amides is 1. The van der Waals surface area contributed by atoms with Gasteiger partial charge in [-0.2, -0.15) is 0 Å². The number of hydrogen-bond acceptors (Lipinski definition) is 7. The van der Waals surface area contributed by atoms with Crippen LogP contribution < -0.4 is 27.7 Å². The normalized spacial score (nSPS) is 12.9. The first-order valence-electron chi connectivity index (χ1n) is 11.9. The van der Waals surface area contributed by atoms with Crippen LogP contribution in [0.1, 0.15) is 40.7 Å². The Labute approximate surface area is 214 Å². The molecular weight excluding hydrogens is 472 g/mol. The van der Waals surface area contributed by atoms with Crippen molar-refractivity contribution < 1.29 is 14.3 Å². The van der Waals surface area contributed by atoms with Crippen LogP contribution >= 0.6 is 0 Å². The fourth-order valence-corrected chi connectivity index (χ4v) is 4.11. The van der Waals surface area contributed by atoms with E-state index in [0.29, 0.717) is 28.2 Å². The largest absolute Gasteiger partial charge is 0.465 e. The molecule has 1 amide bonds. The van der Waals surface area contributed by atoms with E-state index in [1.54, 1.807) is 48.5 Å². The predicted molar refractivity (Wildman–Crippen MR) is 142 cm³/mol. The third-order valence-corrected chi connectivity index (χ3v) is 6.37. The van der Waals surface area contributed by atoms with Crippen molar-refractivity contribution in [3.05, 3.63) is 81.6 Å². The van der Waals surface area contributed by atoms with Crippen molar-refractivity contribution in [1.82, 2.24) is 9.88 Å². The number of aromatic nitrogens is 1. The fourth-order valence-electron chi connectivity index (χ4n) is 4.11. The van der Waals surface area contributed by atoms with Crippen molar-refractivity contribution >= 4 is 29.1 Å². The maximum Gasteiger partial charge on any atom is 0.337 e. The molecule has 1 aliphatic rings. The zero-order valence-electron chi connectivity index (χ0n) is 20.5. The summed E-state index contributed by atoms with van der Waals surface area (Å²) in [6.07, 6.45) is 3.09. The van der Waals surface area contributed by atoms with E-state index < -0.39 is 5.97 Å². The number of rotatable bonds is 9. The van der Waals surface area contributed by atoms with Crippen LogP contribution in [0.5, 0.6) is 0 Å². The molecule has 0 radical (unpaired) electrons. The first-order chi connectivity index (χ1) is 17.7. The van der Waals surface area contributed by atoms with Crippen molar-refractivity contribution in [3.8, 4) is 11.3 Å². The standard InChI is InChI=1S/C27H30N6O4/c1-37-27(36)19-11-18(12-20(28)13-19)23-10-9-22(32-21-3-2-4-21)26(35)33(23)15-24(34)31-14-16-5-7-17(8-6-16)25(29)30/h5-13,21,32H,2-4,14-15,28H2,1H3,(H3,29,30)(H,31,34). The van der Waals surface area contributed by atoms with Gasteiger partial charge in [0.15, 0.2) is 0 Å².